The first kappa shape index (κ1) is 28.0. The minimum Gasteiger partial charge on any atom is -0.465 e. The number of amides is 5. The van der Waals surface area contributed by atoms with E-state index in [1.165, 1.54) is 23.3 Å². The van der Waals surface area contributed by atoms with Crippen LogP contribution in [-0.4, -0.2) is 76.6 Å². The monoisotopic (exact) mass is 600 g/mol. The van der Waals surface area contributed by atoms with E-state index >= 15 is 0 Å². The second-order valence-corrected chi connectivity index (χ2v) is 11.4. The number of aromatic nitrogens is 1. The number of anilines is 3. The number of likely N-dealkylation sites (N-methyl/N-ethyl adjacent to an activating group) is 1. The van der Waals surface area contributed by atoms with E-state index in [4.69, 9.17) is 9.84 Å². The zero-order valence-corrected chi connectivity index (χ0v) is 24.2. The van der Waals surface area contributed by atoms with E-state index in [1.807, 2.05) is 49.4 Å². The molecule has 0 saturated carbocycles. The number of hydrogen-bond donors (Lipinski definition) is 3. The fraction of sp³-hybridized carbons (Fsp3) is 0.233. The molecule has 4 heterocycles. The van der Waals surface area contributed by atoms with Crippen molar-refractivity contribution in [2.45, 2.75) is 19.4 Å². The maximum absolute atomic E-state index is 13.5. The number of carbonyl (C=O) groups is 4. The Bertz CT molecular complexity index is 1760. The van der Waals surface area contributed by atoms with Crippen LogP contribution in [-0.2, 0) is 4.79 Å². The van der Waals surface area contributed by atoms with Gasteiger partial charge < -0.3 is 30.3 Å². The number of rotatable bonds is 7. The molecule has 13 heteroatoms. The lowest BCUT2D eigenvalue weighted by Crippen LogP contribution is -2.42. The van der Waals surface area contributed by atoms with Gasteiger partial charge in [-0.25, -0.2) is 14.6 Å². The van der Waals surface area contributed by atoms with E-state index in [1.54, 1.807) is 23.2 Å². The summed E-state index contributed by atoms with van der Waals surface area (Å²) in [6.07, 6.45) is 0.956. The minimum atomic E-state index is -1.19. The van der Waals surface area contributed by atoms with Crippen molar-refractivity contribution in [1.29, 1.82) is 0 Å². The van der Waals surface area contributed by atoms with E-state index in [0.29, 0.717) is 56.6 Å². The van der Waals surface area contributed by atoms with Crippen molar-refractivity contribution in [2.75, 3.05) is 36.9 Å². The highest BCUT2D eigenvalue weighted by Gasteiger charge is 2.35. The number of urea groups is 1. The number of pyridine rings is 1. The maximum atomic E-state index is 13.5. The molecule has 0 bridgehead atoms. The highest BCUT2D eigenvalue weighted by atomic mass is 32.1. The molecule has 4 aromatic rings. The number of nitrogens with one attached hydrogen (secondary N) is 2. The van der Waals surface area contributed by atoms with Crippen LogP contribution in [0.3, 0.4) is 0 Å². The summed E-state index contributed by atoms with van der Waals surface area (Å²) in [5.74, 6) is 0.645. The van der Waals surface area contributed by atoms with Crippen LogP contribution in [0.25, 0.3) is 10.2 Å². The van der Waals surface area contributed by atoms with Gasteiger partial charge in [0.15, 0.2) is 0 Å². The first-order valence-electron chi connectivity index (χ1n) is 13.6. The lowest BCUT2D eigenvalue weighted by molar-refractivity contribution is -0.130. The summed E-state index contributed by atoms with van der Waals surface area (Å²) in [7, 11) is 1.33. The van der Waals surface area contributed by atoms with E-state index < -0.39 is 12.1 Å². The number of benzene rings is 2. The van der Waals surface area contributed by atoms with Crippen LogP contribution in [0.4, 0.5) is 26.7 Å². The third-order valence-electron chi connectivity index (χ3n) is 7.42. The van der Waals surface area contributed by atoms with Gasteiger partial charge in [0, 0.05) is 32.4 Å². The van der Waals surface area contributed by atoms with Gasteiger partial charge >= 0.3 is 12.1 Å². The predicted octanol–water partition coefficient (Wildman–Crippen LogP) is 5.02. The normalized spacial score (nSPS) is 15.8. The number of ether oxygens (including phenoxy) is 1. The molecule has 2 aliphatic heterocycles. The number of likely N-dealkylation sites (tertiary alicyclic amines) is 1. The number of carbonyl (C=O) groups excluding carboxylic acids is 3. The molecule has 2 aliphatic rings. The Balaban J connectivity index is 1.22. The molecule has 0 radical (unpaired) electrons. The smallest absolute Gasteiger partial charge is 0.407 e. The molecule has 220 valence electrons. The fourth-order valence-corrected chi connectivity index (χ4v) is 6.30. The Kier molecular flexibility index (Phi) is 7.32. The van der Waals surface area contributed by atoms with Gasteiger partial charge in [-0.05, 0) is 55.3 Å². The zero-order valence-electron chi connectivity index (χ0n) is 23.4. The highest BCUT2D eigenvalue weighted by Crippen LogP contribution is 2.46. The standard InChI is InChI=1S/C30H28N6O6S/c1-17-14-20(42-19-6-4-3-5-7-19)8-9-21(17)36-22-10-12-31-28-24(22)25(33-29(36)39)26(43-28)27(38)32-18-11-13-35(15-18)23(37)16-34(2)30(40)41/h3-10,12,14,18H,11,13,15-16H2,1-2H3,(H,32,38)(H,33,39)(H,40,41). The Morgan fingerprint density at radius 3 is 2.67 bits per heavy atom. The van der Waals surface area contributed by atoms with Gasteiger partial charge in [-0.1, -0.05) is 18.2 Å². The van der Waals surface area contributed by atoms with Crippen LogP contribution in [0, 0.1) is 6.92 Å². The molecule has 1 unspecified atom stereocenters. The van der Waals surface area contributed by atoms with Crippen molar-refractivity contribution in [3.63, 3.8) is 0 Å². The quantitative estimate of drug-likeness (QED) is 0.270. The zero-order chi connectivity index (χ0) is 30.2. The molecule has 6 rings (SSSR count). The van der Waals surface area contributed by atoms with Crippen LogP contribution < -0.4 is 20.3 Å². The Morgan fingerprint density at radius 1 is 1.14 bits per heavy atom. The Hall–Kier alpha value is -5.17. The maximum Gasteiger partial charge on any atom is 0.407 e. The van der Waals surface area contributed by atoms with Gasteiger partial charge in [0.1, 0.15) is 27.8 Å². The van der Waals surface area contributed by atoms with Gasteiger partial charge in [-0.2, -0.15) is 0 Å². The van der Waals surface area contributed by atoms with Gasteiger partial charge in [0.2, 0.25) is 5.91 Å². The molecule has 43 heavy (non-hydrogen) atoms. The van der Waals surface area contributed by atoms with Gasteiger partial charge in [-0.15, -0.1) is 11.3 Å². The molecule has 1 fully saturated rings. The highest BCUT2D eigenvalue weighted by molar-refractivity contribution is 7.21. The predicted molar refractivity (Wildman–Crippen MR) is 162 cm³/mol. The number of nitrogens with zero attached hydrogens (tertiary/aromatic N) is 4. The average molecular weight is 601 g/mol. The molecule has 0 aliphatic carbocycles. The number of thiophene rings is 1. The van der Waals surface area contributed by atoms with Crippen LogP contribution in [0.1, 0.15) is 21.7 Å². The summed E-state index contributed by atoms with van der Waals surface area (Å²) >= 11 is 1.18. The van der Waals surface area contributed by atoms with E-state index in [9.17, 15) is 19.2 Å². The molecule has 12 nitrogen and oxygen atoms in total. The van der Waals surface area contributed by atoms with Crippen molar-refractivity contribution in [3.8, 4) is 11.5 Å². The topological polar surface area (TPSA) is 144 Å². The van der Waals surface area contributed by atoms with Crippen molar-refractivity contribution >= 4 is 62.6 Å². The molecule has 5 amide bonds. The van der Waals surface area contributed by atoms with E-state index in [0.717, 1.165) is 10.5 Å². The second kappa shape index (κ2) is 11.2. The van der Waals surface area contributed by atoms with Crippen LogP contribution in [0.15, 0.2) is 60.8 Å². The summed E-state index contributed by atoms with van der Waals surface area (Å²) in [6.45, 7) is 2.32. The molecule has 1 atom stereocenters. The summed E-state index contributed by atoms with van der Waals surface area (Å²) in [5, 5.41) is 15.6. The Morgan fingerprint density at radius 2 is 1.93 bits per heavy atom. The first-order valence-corrected chi connectivity index (χ1v) is 14.4. The molecule has 2 aromatic heterocycles. The average Bonchev–Trinajstić information content (AvgIpc) is 3.60. The summed E-state index contributed by atoms with van der Waals surface area (Å²) < 4.78 is 5.95. The molecule has 2 aromatic carbocycles. The lowest BCUT2D eigenvalue weighted by atomic mass is 10.1. The lowest BCUT2D eigenvalue weighted by Gasteiger charge is -2.29. The molecular formula is C30H28N6O6S. The molecule has 1 saturated heterocycles. The third kappa shape index (κ3) is 5.42. The van der Waals surface area contributed by atoms with Crippen molar-refractivity contribution in [2.24, 2.45) is 0 Å². The number of aryl methyl sites for hydroxylation is 1. The van der Waals surface area contributed by atoms with Crippen molar-refractivity contribution in [1.82, 2.24) is 20.1 Å². The summed E-state index contributed by atoms with van der Waals surface area (Å²) in [6, 6.07) is 16.0. The van der Waals surface area contributed by atoms with Crippen molar-refractivity contribution in [3.05, 3.63) is 71.2 Å². The second-order valence-electron chi connectivity index (χ2n) is 10.4. The van der Waals surface area contributed by atoms with Crippen LogP contribution in [0.5, 0.6) is 11.5 Å². The SMILES string of the molecule is Cc1cc(Oc2ccccc2)ccc1N1C(=O)Nc2c(C(=O)NC3CCN(C(=O)CN(C)C(=O)O)C3)sc3nccc1c23. The van der Waals surface area contributed by atoms with Crippen molar-refractivity contribution < 1.29 is 29.0 Å². The number of para-hydroxylation sites is 1. The summed E-state index contributed by atoms with van der Waals surface area (Å²) in [5.41, 5.74) is 2.49. The third-order valence-corrected chi connectivity index (χ3v) is 8.51. The Labute approximate surface area is 250 Å². The number of carboxylic acid groups (broad SMARTS) is 1. The first-order chi connectivity index (χ1) is 20.7. The van der Waals surface area contributed by atoms with Gasteiger partial charge in [0.25, 0.3) is 5.91 Å². The summed E-state index contributed by atoms with van der Waals surface area (Å²) in [4.78, 5) is 59.9. The van der Waals surface area contributed by atoms with Crippen LogP contribution >= 0.6 is 11.3 Å². The minimum absolute atomic E-state index is 0.254. The van der Waals surface area contributed by atoms with Gasteiger partial charge in [0.05, 0.1) is 22.4 Å². The number of hydrogen-bond acceptors (Lipinski definition) is 7. The molecule has 0 spiro atoms. The molecular weight excluding hydrogens is 572 g/mol. The molecule has 3 N–H and O–H groups in total. The van der Waals surface area contributed by atoms with E-state index in [2.05, 4.69) is 15.6 Å². The van der Waals surface area contributed by atoms with E-state index in [-0.39, 0.29) is 30.9 Å². The van der Waals surface area contributed by atoms with Crippen LogP contribution in [0.2, 0.25) is 0 Å². The largest absolute Gasteiger partial charge is 0.465 e. The fourth-order valence-electron chi connectivity index (χ4n) is 5.28. The van der Waals surface area contributed by atoms with Gasteiger partial charge in [-0.3, -0.25) is 14.5 Å².